The summed E-state index contributed by atoms with van der Waals surface area (Å²) in [5.41, 5.74) is 1.36. The van der Waals surface area contributed by atoms with E-state index in [4.69, 9.17) is 9.15 Å². The SMILES string of the molecule is Cc1c(Cc2cccc(CP(C)(C)=O)c2F)c(=O)oc2cc(Oc3ncccc3F)ccc12. The van der Waals surface area contributed by atoms with Gasteiger partial charge in [-0.1, -0.05) is 18.2 Å². The van der Waals surface area contributed by atoms with Crippen molar-refractivity contribution in [2.24, 2.45) is 0 Å². The van der Waals surface area contributed by atoms with Gasteiger partial charge in [-0.05, 0) is 61.2 Å². The normalized spacial score (nSPS) is 11.7. The molecule has 2 aromatic heterocycles. The summed E-state index contributed by atoms with van der Waals surface area (Å²) in [7, 11) is -2.46. The first kappa shape index (κ1) is 22.9. The highest BCUT2D eigenvalue weighted by Gasteiger charge is 2.18. The fourth-order valence-corrected chi connectivity index (χ4v) is 4.76. The third kappa shape index (κ3) is 5.04. The second kappa shape index (κ2) is 8.91. The summed E-state index contributed by atoms with van der Waals surface area (Å²) < 4.78 is 52.0. The van der Waals surface area contributed by atoms with E-state index in [2.05, 4.69) is 4.98 Å². The standard InChI is InChI=1S/C25H22F2NO4P/c1-15-19-10-9-18(31-24-21(26)8-5-11-28-24)13-22(19)32-25(29)20(15)12-16-6-4-7-17(23(16)27)14-33(2,3)30/h4-11,13H,12,14H2,1-3H3. The van der Waals surface area contributed by atoms with Crippen molar-refractivity contribution in [3.05, 3.63) is 99.0 Å². The van der Waals surface area contributed by atoms with Gasteiger partial charge >= 0.3 is 5.63 Å². The minimum Gasteiger partial charge on any atom is -0.436 e. The van der Waals surface area contributed by atoms with E-state index in [0.717, 1.165) is 0 Å². The number of ether oxygens (including phenoxy) is 1. The highest BCUT2D eigenvalue weighted by Crippen LogP contribution is 2.41. The monoisotopic (exact) mass is 469 g/mol. The number of halogens is 2. The first-order chi connectivity index (χ1) is 15.6. The molecule has 33 heavy (non-hydrogen) atoms. The molecule has 0 aliphatic carbocycles. The fourth-order valence-electron chi connectivity index (χ4n) is 3.69. The van der Waals surface area contributed by atoms with Gasteiger partial charge in [0.2, 0.25) is 0 Å². The van der Waals surface area contributed by atoms with E-state index in [0.29, 0.717) is 27.6 Å². The smallest absolute Gasteiger partial charge is 0.340 e. The third-order valence-electron chi connectivity index (χ3n) is 5.28. The molecule has 0 bridgehead atoms. The Bertz CT molecular complexity index is 1460. The van der Waals surface area contributed by atoms with Crippen LogP contribution >= 0.6 is 7.14 Å². The zero-order valence-electron chi connectivity index (χ0n) is 18.4. The Hall–Kier alpha value is -3.31. The number of fused-ring (bicyclic) bond motifs is 1. The zero-order chi connectivity index (χ0) is 23.8. The molecule has 0 saturated heterocycles. The number of hydrogen-bond acceptors (Lipinski definition) is 5. The zero-order valence-corrected chi connectivity index (χ0v) is 19.3. The minimum atomic E-state index is -2.46. The third-order valence-corrected chi connectivity index (χ3v) is 6.38. The fraction of sp³-hybridized carbons (Fsp3) is 0.200. The summed E-state index contributed by atoms with van der Waals surface area (Å²) in [4.78, 5) is 16.6. The maximum atomic E-state index is 15.1. The van der Waals surface area contributed by atoms with E-state index in [1.165, 1.54) is 24.4 Å². The van der Waals surface area contributed by atoms with E-state index >= 15 is 4.39 Å². The average molecular weight is 469 g/mol. The topological polar surface area (TPSA) is 69.4 Å². The summed E-state index contributed by atoms with van der Waals surface area (Å²) >= 11 is 0. The Kier molecular flexibility index (Phi) is 6.17. The molecular weight excluding hydrogens is 447 g/mol. The number of aryl methyl sites for hydroxylation is 1. The van der Waals surface area contributed by atoms with Crippen molar-refractivity contribution in [3.63, 3.8) is 0 Å². The number of benzene rings is 2. The van der Waals surface area contributed by atoms with Gasteiger partial charge in [0.1, 0.15) is 17.1 Å². The molecule has 2 heterocycles. The van der Waals surface area contributed by atoms with Gasteiger partial charge in [-0.3, -0.25) is 0 Å². The molecule has 5 nitrogen and oxygen atoms in total. The summed E-state index contributed by atoms with van der Waals surface area (Å²) in [6, 6.07) is 12.4. The van der Waals surface area contributed by atoms with Crippen molar-refractivity contribution in [1.82, 2.24) is 4.98 Å². The van der Waals surface area contributed by atoms with Gasteiger partial charge in [0.25, 0.3) is 5.88 Å². The summed E-state index contributed by atoms with van der Waals surface area (Å²) in [5, 5.41) is 0.654. The van der Waals surface area contributed by atoms with Gasteiger partial charge in [-0.2, -0.15) is 0 Å². The van der Waals surface area contributed by atoms with Crippen LogP contribution in [0.4, 0.5) is 8.78 Å². The Balaban J connectivity index is 1.69. The molecule has 0 unspecified atom stereocenters. The van der Waals surface area contributed by atoms with Crippen LogP contribution < -0.4 is 10.4 Å². The van der Waals surface area contributed by atoms with Crippen molar-refractivity contribution in [2.75, 3.05) is 13.3 Å². The van der Waals surface area contributed by atoms with E-state index in [1.54, 1.807) is 50.6 Å². The van der Waals surface area contributed by atoms with Crippen molar-refractivity contribution < 1.29 is 22.5 Å². The molecule has 0 aliphatic heterocycles. The Morgan fingerprint density at radius 3 is 2.55 bits per heavy atom. The molecule has 2 aromatic carbocycles. The summed E-state index contributed by atoms with van der Waals surface area (Å²) in [6.45, 7) is 4.99. The average Bonchev–Trinajstić information content (AvgIpc) is 2.74. The predicted octanol–water partition coefficient (Wildman–Crippen LogP) is 6.28. The van der Waals surface area contributed by atoms with Crippen LogP contribution in [0, 0.1) is 18.6 Å². The maximum absolute atomic E-state index is 15.1. The molecule has 170 valence electrons. The molecule has 4 rings (SSSR count). The molecular formula is C25H22F2NO4P. The number of nitrogens with zero attached hydrogens (tertiary/aromatic N) is 1. The van der Waals surface area contributed by atoms with Gasteiger partial charge in [0.05, 0.1) is 7.14 Å². The van der Waals surface area contributed by atoms with Crippen LogP contribution in [0.2, 0.25) is 0 Å². The lowest BCUT2D eigenvalue weighted by atomic mass is 9.98. The number of hydrogen-bond donors (Lipinski definition) is 0. The van der Waals surface area contributed by atoms with Crippen LogP contribution in [-0.2, 0) is 17.1 Å². The van der Waals surface area contributed by atoms with Crippen LogP contribution in [0.1, 0.15) is 22.3 Å². The highest BCUT2D eigenvalue weighted by atomic mass is 31.2. The van der Waals surface area contributed by atoms with E-state index in [1.807, 2.05) is 0 Å². The van der Waals surface area contributed by atoms with Gasteiger partial charge in [-0.25, -0.2) is 18.6 Å². The first-order valence-corrected chi connectivity index (χ1v) is 13.1. The lowest BCUT2D eigenvalue weighted by Crippen LogP contribution is -2.12. The highest BCUT2D eigenvalue weighted by molar-refractivity contribution is 7.61. The van der Waals surface area contributed by atoms with Crippen LogP contribution in [-0.4, -0.2) is 18.3 Å². The molecule has 0 aliphatic rings. The molecule has 0 atom stereocenters. The second-order valence-electron chi connectivity index (χ2n) is 8.34. The van der Waals surface area contributed by atoms with E-state index < -0.39 is 24.4 Å². The van der Waals surface area contributed by atoms with Gasteiger partial charge in [0.15, 0.2) is 5.82 Å². The Morgan fingerprint density at radius 2 is 1.82 bits per heavy atom. The van der Waals surface area contributed by atoms with Crippen molar-refractivity contribution >= 4 is 18.1 Å². The Morgan fingerprint density at radius 1 is 1.06 bits per heavy atom. The lowest BCUT2D eigenvalue weighted by Gasteiger charge is -2.13. The van der Waals surface area contributed by atoms with Gasteiger partial charge < -0.3 is 13.7 Å². The van der Waals surface area contributed by atoms with Gasteiger partial charge in [-0.15, -0.1) is 0 Å². The minimum absolute atomic E-state index is 0.0406. The largest absolute Gasteiger partial charge is 0.436 e. The quantitative estimate of drug-likeness (QED) is 0.246. The van der Waals surface area contributed by atoms with Crippen molar-refractivity contribution in [3.8, 4) is 11.6 Å². The van der Waals surface area contributed by atoms with Crippen LogP contribution in [0.3, 0.4) is 0 Å². The molecule has 4 aromatic rings. The molecule has 0 saturated carbocycles. The number of rotatable bonds is 6. The van der Waals surface area contributed by atoms with E-state index in [9.17, 15) is 13.8 Å². The molecule has 0 fully saturated rings. The van der Waals surface area contributed by atoms with Crippen molar-refractivity contribution in [1.29, 1.82) is 0 Å². The van der Waals surface area contributed by atoms with E-state index in [-0.39, 0.29) is 29.8 Å². The molecule has 0 radical (unpaired) electrons. The van der Waals surface area contributed by atoms with Crippen LogP contribution in [0.5, 0.6) is 11.6 Å². The Labute approximate surface area is 189 Å². The van der Waals surface area contributed by atoms with Crippen LogP contribution in [0.25, 0.3) is 11.0 Å². The lowest BCUT2D eigenvalue weighted by molar-refractivity contribution is 0.422. The molecule has 0 spiro atoms. The van der Waals surface area contributed by atoms with Gasteiger partial charge in [0, 0.05) is 35.8 Å². The first-order valence-electron chi connectivity index (χ1n) is 10.3. The summed E-state index contributed by atoms with van der Waals surface area (Å²) in [5.74, 6) is -0.997. The number of aromatic nitrogens is 1. The van der Waals surface area contributed by atoms with Crippen molar-refractivity contribution in [2.45, 2.75) is 19.5 Å². The molecule has 0 amide bonds. The van der Waals surface area contributed by atoms with Crippen LogP contribution in [0.15, 0.2) is 63.9 Å². The second-order valence-corrected chi connectivity index (χ2v) is 11.8. The maximum Gasteiger partial charge on any atom is 0.340 e. The predicted molar refractivity (Wildman–Crippen MR) is 124 cm³/mol. The summed E-state index contributed by atoms with van der Waals surface area (Å²) in [6.07, 6.45) is 1.60. The number of pyridine rings is 1. The molecule has 0 N–H and O–H groups in total. The molecule has 8 heteroatoms.